The van der Waals surface area contributed by atoms with Gasteiger partial charge in [-0.25, -0.2) is 4.39 Å². The Bertz CT molecular complexity index is 571. The van der Waals surface area contributed by atoms with Gasteiger partial charge in [0.05, 0.1) is 0 Å². The van der Waals surface area contributed by atoms with Crippen LogP contribution >= 0.6 is 0 Å². The average Bonchev–Trinajstić information content (AvgIpc) is 2.78. The van der Waals surface area contributed by atoms with Gasteiger partial charge in [0.1, 0.15) is 11.4 Å². The summed E-state index contributed by atoms with van der Waals surface area (Å²) in [6.45, 7) is 6.96. The van der Waals surface area contributed by atoms with Crippen molar-refractivity contribution < 1.29 is 14.0 Å². The van der Waals surface area contributed by atoms with E-state index in [4.69, 9.17) is 0 Å². The molecule has 1 unspecified atom stereocenters. The van der Waals surface area contributed by atoms with Gasteiger partial charge >= 0.3 is 0 Å². The maximum Gasteiger partial charge on any atom is 0.245 e. The molecule has 1 fully saturated rings. The van der Waals surface area contributed by atoms with E-state index in [9.17, 15) is 14.0 Å². The van der Waals surface area contributed by atoms with Crippen LogP contribution in [0.2, 0.25) is 0 Å². The Kier molecular flexibility index (Phi) is 5.39. The monoisotopic (exact) mass is 320 g/mol. The molecule has 4 nitrogen and oxygen atoms in total. The zero-order chi connectivity index (χ0) is 17.0. The lowest BCUT2D eigenvalue weighted by molar-refractivity contribution is -0.141. The number of halogens is 1. The largest absolute Gasteiger partial charge is 0.354 e. The maximum absolute atomic E-state index is 13.0. The fourth-order valence-corrected chi connectivity index (χ4v) is 2.83. The molecule has 0 bridgehead atoms. The van der Waals surface area contributed by atoms with Gasteiger partial charge in [-0.1, -0.05) is 26.0 Å². The van der Waals surface area contributed by atoms with Crippen molar-refractivity contribution in [2.75, 3.05) is 6.54 Å². The molecule has 1 aromatic rings. The first-order valence-electron chi connectivity index (χ1n) is 8.16. The van der Waals surface area contributed by atoms with Crippen LogP contribution in [0.4, 0.5) is 4.39 Å². The quantitative estimate of drug-likeness (QED) is 0.876. The lowest BCUT2D eigenvalue weighted by Crippen LogP contribution is -2.54. The van der Waals surface area contributed by atoms with Crippen molar-refractivity contribution in [1.82, 2.24) is 10.2 Å². The van der Waals surface area contributed by atoms with E-state index in [0.29, 0.717) is 31.8 Å². The van der Waals surface area contributed by atoms with Crippen LogP contribution < -0.4 is 5.32 Å². The summed E-state index contributed by atoms with van der Waals surface area (Å²) in [6, 6.07) is 6.04. The fraction of sp³-hybridized carbons (Fsp3) is 0.556. The highest BCUT2D eigenvalue weighted by atomic mass is 19.1. The number of rotatable bonds is 6. The van der Waals surface area contributed by atoms with Gasteiger partial charge in [0, 0.05) is 19.5 Å². The van der Waals surface area contributed by atoms with E-state index >= 15 is 0 Å². The van der Waals surface area contributed by atoms with Crippen LogP contribution in [0.5, 0.6) is 0 Å². The van der Waals surface area contributed by atoms with E-state index in [-0.39, 0.29) is 17.6 Å². The molecule has 1 heterocycles. The van der Waals surface area contributed by atoms with Crippen molar-refractivity contribution in [2.45, 2.75) is 52.1 Å². The molecular weight excluding hydrogens is 295 g/mol. The first-order valence-corrected chi connectivity index (χ1v) is 8.16. The number of benzene rings is 1. The lowest BCUT2D eigenvalue weighted by atomic mass is 9.96. The fourth-order valence-electron chi connectivity index (χ4n) is 2.83. The first kappa shape index (κ1) is 17.4. The third kappa shape index (κ3) is 4.09. The predicted octanol–water partition coefficient (Wildman–Crippen LogP) is 2.87. The molecule has 1 aliphatic heterocycles. The molecule has 0 spiro atoms. The maximum atomic E-state index is 13.0. The van der Waals surface area contributed by atoms with Crippen LogP contribution in [0.15, 0.2) is 24.3 Å². The van der Waals surface area contributed by atoms with Crippen molar-refractivity contribution >= 4 is 11.8 Å². The number of carbonyl (C=O) groups excluding carboxylic acids is 2. The molecule has 1 N–H and O–H groups in total. The van der Waals surface area contributed by atoms with Crippen LogP contribution in [0.3, 0.4) is 0 Å². The average molecular weight is 320 g/mol. The third-order valence-corrected chi connectivity index (χ3v) is 4.47. The van der Waals surface area contributed by atoms with Crippen LogP contribution in [0, 0.1) is 11.7 Å². The van der Waals surface area contributed by atoms with E-state index in [1.807, 2.05) is 6.92 Å². The summed E-state index contributed by atoms with van der Waals surface area (Å²) < 4.78 is 13.0. The Morgan fingerprint density at radius 3 is 2.61 bits per heavy atom. The van der Waals surface area contributed by atoms with Gasteiger partial charge in [-0.3, -0.25) is 9.59 Å². The molecule has 1 saturated heterocycles. The van der Waals surface area contributed by atoms with Crippen LogP contribution in [0.1, 0.15) is 45.6 Å². The molecule has 0 radical (unpaired) electrons. The molecule has 2 amide bonds. The molecule has 5 heteroatoms. The van der Waals surface area contributed by atoms with Crippen molar-refractivity contribution in [1.29, 1.82) is 0 Å². The summed E-state index contributed by atoms with van der Waals surface area (Å²) in [7, 11) is 0. The Morgan fingerprint density at radius 1 is 1.35 bits per heavy atom. The molecule has 2 rings (SSSR count). The van der Waals surface area contributed by atoms with Crippen molar-refractivity contribution in [2.24, 2.45) is 5.92 Å². The smallest absolute Gasteiger partial charge is 0.245 e. The summed E-state index contributed by atoms with van der Waals surface area (Å²) >= 11 is 0. The molecule has 23 heavy (non-hydrogen) atoms. The molecule has 1 aromatic carbocycles. The lowest BCUT2D eigenvalue weighted by Gasteiger charge is -2.34. The molecule has 1 aliphatic rings. The topological polar surface area (TPSA) is 49.4 Å². The summed E-state index contributed by atoms with van der Waals surface area (Å²) in [4.78, 5) is 26.4. The number of hydrogen-bond acceptors (Lipinski definition) is 2. The van der Waals surface area contributed by atoms with Gasteiger partial charge in [0.15, 0.2) is 0 Å². The first-order chi connectivity index (χ1) is 10.8. The Morgan fingerprint density at radius 2 is 2.00 bits per heavy atom. The minimum absolute atomic E-state index is 0.0316. The summed E-state index contributed by atoms with van der Waals surface area (Å²) in [5.74, 6) is 0.0706. The predicted molar refractivity (Wildman–Crippen MR) is 87.1 cm³/mol. The van der Waals surface area contributed by atoms with Gasteiger partial charge in [-0.15, -0.1) is 0 Å². The molecule has 0 aliphatic carbocycles. The van der Waals surface area contributed by atoms with Crippen LogP contribution in [0.25, 0.3) is 0 Å². The summed E-state index contributed by atoms with van der Waals surface area (Å²) in [5, 5.41) is 2.95. The minimum Gasteiger partial charge on any atom is -0.354 e. The highest BCUT2D eigenvalue weighted by Gasteiger charge is 2.46. The van der Waals surface area contributed by atoms with Gasteiger partial charge in [0.2, 0.25) is 11.8 Å². The number of likely N-dealkylation sites (tertiary alicyclic amines) is 1. The molecule has 0 aromatic heterocycles. The normalized spacial score (nSPS) is 21.1. The Balaban J connectivity index is 2.07. The third-order valence-electron chi connectivity index (χ3n) is 4.47. The second kappa shape index (κ2) is 7.11. The van der Waals surface area contributed by atoms with Gasteiger partial charge in [-0.05, 0) is 43.4 Å². The van der Waals surface area contributed by atoms with Gasteiger partial charge in [0.25, 0.3) is 0 Å². The number of amides is 2. The Hall–Kier alpha value is -1.91. The van der Waals surface area contributed by atoms with Crippen molar-refractivity contribution in [3.05, 3.63) is 35.6 Å². The highest BCUT2D eigenvalue weighted by Crippen LogP contribution is 2.32. The van der Waals surface area contributed by atoms with Crippen LogP contribution in [-0.4, -0.2) is 28.8 Å². The molecule has 126 valence electrons. The SMILES string of the molecule is CC(C)CCNC(=O)C1(C)CCC(=O)N1Cc1ccc(F)cc1. The van der Waals surface area contributed by atoms with E-state index in [2.05, 4.69) is 19.2 Å². The van der Waals surface area contributed by atoms with Crippen molar-refractivity contribution in [3.8, 4) is 0 Å². The number of nitrogens with zero attached hydrogens (tertiary/aromatic N) is 1. The molecular formula is C18H25FN2O2. The van der Waals surface area contributed by atoms with E-state index in [0.717, 1.165) is 12.0 Å². The number of nitrogens with one attached hydrogen (secondary N) is 1. The zero-order valence-corrected chi connectivity index (χ0v) is 14.1. The highest BCUT2D eigenvalue weighted by molar-refractivity contribution is 5.94. The molecule has 0 saturated carbocycles. The summed E-state index contributed by atoms with van der Waals surface area (Å²) in [6.07, 6.45) is 1.80. The molecule has 1 atom stereocenters. The summed E-state index contributed by atoms with van der Waals surface area (Å²) in [5.41, 5.74) is -0.00882. The second-order valence-corrected chi connectivity index (χ2v) is 6.82. The standard InChI is InChI=1S/C18H25FN2O2/c1-13(2)9-11-20-17(23)18(3)10-8-16(22)21(18)12-14-4-6-15(19)7-5-14/h4-7,13H,8-12H2,1-3H3,(H,20,23). The second-order valence-electron chi connectivity index (χ2n) is 6.82. The van der Waals surface area contributed by atoms with E-state index in [1.165, 1.54) is 12.1 Å². The van der Waals surface area contributed by atoms with Crippen molar-refractivity contribution in [3.63, 3.8) is 0 Å². The van der Waals surface area contributed by atoms with E-state index in [1.54, 1.807) is 17.0 Å². The zero-order valence-electron chi connectivity index (χ0n) is 14.1. The van der Waals surface area contributed by atoms with Gasteiger partial charge in [-0.2, -0.15) is 0 Å². The van der Waals surface area contributed by atoms with Crippen LogP contribution in [-0.2, 0) is 16.1 Å². The number of carbonyl (C=O) groups is 2. The Labute approximate surface area is 137 Å². The number of hydrogen-bond donors (Lipinski definition) is 1. The van der Waals surface area contributed by atoms with E-state index < -0.39 is 5.54 Å². The van der Waals surface area contributed by atoms with Gasteiger partial charge < -0.3 is 10.2 Å². The minimum atomic E-state index is -0.831.